The van der Waals surface area contributed by atoms with Gasteiger partial charge in [-0.15, -0.1) is 10.0 Å². The van der Waals surface area contributed by atoms with Crippen LogP contribution >= 0.6 is 0 Å². The van der Waals surface area contributed by atoms with Crippen molar-refractivity contribution in [3.8, 4) is 0 Å². The first-order valence-electron chi connectivity index (χ1n) is 32.0. The van der Waals surface area contributed by atoms with Crippen molar-refractivity contribution >= 4 is 0 Å². The van der Waals surface area contributed by atoms with E-state index in [1.165, 1.54) is 10.0 Å². The minimum atomic E-state index is -2.91. The van der Waals surface area contributed by atoms with Gasteiger partial charge in [-0.05, 0) is 103 Å². The number of hydrogen-bond donors (Lipinski definition) is 4. The highest BCUT2D eigenvalue weighted by Gasteiger charge is 2.84. The van der Waals surface area contributed by atoms with E-state index in [9.17, 15) is 20.4 Å². The maximum absolute atomic E-state index is 12.9. The van der Waals surface area contributed by atoms with Crippen molar-refractivity contribution < 1.29 is 96.2 Å². The third kappa shape index (κ3) is 20.1. The van der Waals surface area contributed by atoms with Crippen molar-refractivity contribution in [1.29, 1.82) is 0 Å². The van der Waals surface area contributed by atoms with Gasteiger partial charge in [0.2, 0.25) is 0 Å². The average molecular weight is 1190 g/mol. The average Bonchev–Trinajstić information content (AvgIpc) is 1.03. The molecule has 0 aromatic rings. The summed E-state index contributed by atoms with van der Waals surface area (Å²) in [7, 11) is 0. The quantitative estimate of drug-likeness (QED) is 0.0328. The monoisotopic (exact) mass is 1190 g/mol. The highest BCUT2D eigenvalue weighted by molar-refractivity contribution is 5.07. The lowest BCUT2D eigenvalue weighted by Crippen LogP contribution is -2.93. The fraction of sp³-hybridized carbons (Fsp3) is 1.00. The van der Waals surface area contributed by atoms with Crippen LogP contribution in [-0.4, -0.2) is 209 Å². The Hall–Kier alpha value is -0.880. The van der Waals surface area contributed by atoms with Crippen molar-refractivity contribution in [2.75, 3.05) is 132 Å². The Balaban J connectivity index is 12.7. The van der Waals surface area contributed by atoms with E-state index in [-0.39, 0.29) is 106 Å². The van der Waals surface area contributed by atoms with Crippen LogP contribution in [0.25, 0.3) is 0 Å². The molecule has 0 aromatic carbocycles. The summed E-state index contributed by atoms with van der Waals surface area (Å²) in [5.74, 6) is -21.9. The molecular formula is C60H124N2O20. The minimum absolute atomic E-state index is 0.0689. The molecular weight excluding hydrogens is 1070 g/mol. The molecule has 0 saturated carbocycles. The molecule has 0 saturated heterocycles. The molecule has 0 spiro atoms. The zero-order chi connectivity index (χ0) is 61.9. The third-order valence-corrected chi connectivity index (χ3v) is 12.4. The second-order valence-corrected chi connectivity index (χ2v) is 20.2. The van der Waals surface area contributed by atoms with Crippen molar-refractivity contribution in [2.24, 2.45) is 0 Å². The zero-order valence-corrected chi connectivity index (χ0v) is 54.7. The molecule has 4 N–H and O–H groups in total. The highest BCUT2D eigenvalue weighted by atomic mass is 16.9. The van der Waals surface area contributed by atoms with Gasteiger partial charge >= 0.3 is 23.6 Å². The summed E-state index contributed by atoms with van der Waals surface area (Å²) in [6.07, 6.45) is 5.60. The lowest BCUT2D eigenvalue weighted by atomic mass is 10.0. The Labute approximate surface area is 497 Å². The molecule has 0 rings (SSSR count). The normalized spacial score (nSPS) is 13.7. The molecule has 0 atom stereocenters. The molecule has 0 aromatic heterocycles. The predicted molar refractivity (Wildman–Crippen MR) is 314 cm³/mol. The van der Waals surface area contributed by atoms with E-state index in [1.54, 1.807) is 0 Å². The van der Waals surface area contributed by atoms with Crippen LogP contribution < -0.4 is 0 Å². The van der Waals surface area contributed by atoms with Crippen molar-refractivity contribution in [2.45, 2.75) is 260 Å². The standard InChI is InChI=1S/C60H124N2O20/c1-17-33-67-53(49-63,68-34-18-2)57(75-41-25-9,76-42-26-10)61(58(77-43-27-11,78-44-28-12)54(50-64,69-35-19-3)70-36-20-4)62(59(79-45-29-13,80-46-30-14)55(51-65,71-37-21-5)72-38-22-6)60(81-47-31-15,82-48-32-16)56(52-66,73-39-23-7)74-40-24-8/h63-66H,17-52H2,1-16H3. The second-order valence-electron chi connectivity index (χ2n) is 20.2. The Morgan fingerprint density at radius 3 is 0.366 bits per heavy atom. The first-order chi connectivity index (χ1) is 39.7. The lowest BCUT2D eigenvalue weighted by molar-refractivity contribution is -0.651. The van der Waals surface area contributed by atoms with Gasteiger partial charge in [-0.2, -0.15) is 0 Å². The summed E-state index contributed by atoms with van der Waals surface area (Å²) < 4.78 is 118. The number of aliphatic hydroxyl groups is 4. The number of hydrazine groups is 1. The van der Waals surface area contributed by atoms with E-state index < -0.39 is 73.2 Å². The van der Waals surface area contributed by atoms with E-state index in [2.05, 4.69) is 0 Å². The maximum atomic E-state index is 12.9. The molecule has 0 aliphatic rings. The summed E-state index contributed by atoms with van der Waals surface area (Å²) >= 11 is 0. The van der Waals surface area contributed by atoms with E-state index >= 15 is 0 Å². The summed E-state index contributed by atoms with van der Waals surface area (Å²) in [5.41, 5.74) is 0. The first-order valence-corrected chi connectivity index (χ1v) is 32.0. The molecule has 494 valence electrons. The Morgan fingerprint density at radius 1 is 0.183 bits per heavy atom. The number of aliphatic hydroxyl groups excluding tert-OH is 4. The fourth-order valence-corrected chi connectivity index (χ4v) is 8.81. The van der Waals surface area contributed by atoms with Gasteiger partial charge in [-0.3, -0.25) is 0 Å². The third-order valence-electron chi connectivity index (χ3n) is 12.4. The molecule has 82 heavy (non-hydrogen) atoms. The first kappa shape index (κ1) is 81.1. The number of rotatable bonds is 61. The van der Waals surface area contributed by atoms with Gasteiger partial charge in [0.15, 0.2) is 0 Å². The fourth-order valence-electron chi connectivity index (χ4n) is 8.81. The Bertz CT molecular complexity index is 1210. The molecule has 0 radical (unpaired) electrons. The smallest absolute Gasteiger partial charge is 0.307 e. The number of ether oxygens (including phenoxy) is 16. The van der Waals surface area contributed by atoms with Crippen molar-refractivity contribution in [1.82, 2.24) is 10.0 Å². The molecule has 0 heterocycles. The molecule has 0 unspecified atom stereocenters. The van der Waals surface area contributed by atoms with Crippen LogP contribution in [-0.2, 0) is 75.8 Å². The molecule has 22 heteroatoms. The molecule has 0 bridgehead atoms. The SMILES string of the molecule is CCCOC(CO)(OCCC)C(OCCC)(OCCC)N(N(C(OCCC)(OCCC)C(CO)(OCCC)OCCC)C(OCCC)(OCCC)C(CO)(OCCC)OCCC)C(OCCC)(OCCC)C(CO)(OCCC)OCCC. The highest BCUT2D eigenvalue weighted by Crippen LogP contribution is 2.57. The Morgan fingerprint density at radius 2 is 0.280 bits per heavy atom. The van der Waals surface area contributed by atoms with Crippen LogP contribution in [0.4, 0.5) is 0 Å². The summed E-state index contributed by atoms with van der Waals surface area (Å²) in [6, 6.07) is 0. The van der Waals surface area contributed by atoms with Crippen LogP contribution in [0.1, 0.15) is 214 Å². The second kappa shape index (κ2) is 45.4. The zero-order valence-electron chi connectivity index (χ0n) is 54.7. The maximum Gasteiger partial charge on any atom is 0.307 e. The Kier molecular flexibility index (Phi) is 44.9. The summed E-state index contributed by atoms with van der Waals surface area (Å²) in [5, 5.41) is 54.0. The van der Waals surface area contributed by atoms with Gasteiger partial charge in [0.05, 0.1) is 106 Å². The van der Waals surface area contributed by atoms with E-state index in [1.807, 2.05) is 111 Å². The van der Waals surface area contributed by atoms with Crippen molar-refractivity contribution in [3.05, 3.63) is 0 Å². The van der Waals surface area contributed by atoms with Crippen LogP contribution in [0, 0.1) is 0 Å². The van der Waals surface area contributed by atoms with Gasteiger partial charge in [0.1, 0.15) is 26.4 Å². The summed E-state index contributed by atoms with van der Waals surface area (Å²) in [6.45, 7) is 24.4. The van der Waals surface area contributed by atoms with Crippen LogP contribution in [0.3, 0.4) is 0 Å². The molecule has 22 nitrogen and oxygen atoms in total. The van der Waals surface area contributed by atoms with Gasteiger partial charge in [0.25, 0.3) is 23.1 Å². The number of hydrogen-bond acceptors (Lipinski definition) is 22. The lowest BCUT2D eigenvalue weighted by Gasteiger charge is -2.68. The molecule has 0 fully saturated rings. The molecule has 0 aliphatic carbocycles. The van der Waals surface area contributed by atoms with Crippen LogP contribution in [0.15, 0.2) is 0 Å². The van der Waals surface area contributed by atoms with E-state index in [0.717, 1.165) is 0 Å². The molecule has 0 aliphatic heterocycles. The van der Waals surface area contributed by atoms with Gasteiger partial charge in [-0.1, -0.05) is 111 Å². The topological polar surface area (TPSA) is 235 Å². The largest absolute Gasteiger partial charge is 0.390 e. The predicted octanol–water partition coefficient (Wildman–Crippen LogP) is 9.70. The van der Waals surface area contributed by atoms with Gasteiger partial charge in [-0.25, -0.2) is 0 Å². The van der Waals surface area contributed by atoms with Gasteiger partial charge < -0.3 is 96.2 Å². The minimum Gasteiger partial charge on any atom is -0.390 e. The van der Waals surface area contributed by atoms with Crippen LogP contribution in [0.5, 0.6) is 0 Å². The number of nitrogens with zero attached hydrogens (tertiary/aromatic N) is 2. The van der Waals surface area contributed by atoms with Crippen molar-refractivity contribution in [3.63, 3.8) is 0 Å². The summed E-state index contributed by atoms with van der Waals surface area (Å²) in [4.78, 5) is 0. The van der Waals surface area contributed by atoms with E-state index in [0.29, 0.717) is 103 Å². The van der Waals surface area contributed by atoms with E-state index in [4.69, 9.17) is 75.8 Å². The molecule has 0 amide bonds. The van der Waals surface area contributed by atoms with Gasteiger partial charge in [0, 0.05) is 0 Å². The van der Waals surface area contributed by atoms with Crippen LogP contribution in [0.2, 0.25) is 0 Å².